The van der Waals surface area contributed by atoms with Gasteiger partial charge in [-0.15, -0.1) is 0 Å². The lowest BCUT2D eigenvalue weighted by Crippen LogP contribution is -2.13. The van der Waals surface area contributed by atoms with Crippen molar-refractivity contribution in [1.82, 2.24) is 10.1 Å². The summed E-state index contributed by atoms with van der Waals surface area (Å²) >= 11 is 5.93. The number of nitrogens with zero attached hydrogens (tertiary/aromatic N) is 2. The van der Waals surface area contributed by atoms with Crippen LogP contribution in [0, 0.1) is 5.92 Å². The van der Waals surface area contributed by atoms with Crippen molar-refractivity contribution < 1.29 is 9.26 Å². The van der Waals surface area contributed by atoms with Gasteiger partial charge in [-0.3, -0.25) is 0 Å². The Morgan fingerprint density at radius 1 is 1.40 bits per heavy atom. The largest absolute Gasteiger partial charge is 0.496 e. The van der Waals surface area contributed by atoms with E-state index in [1.807, 2.05) is 0 Å². The van der Waals surface area contributed by atoms with Crippen molar-refractivity contribution >= 4 is 11.6 Å². The van der Waals surface area contributed by atoms with Crippen LogP contribution in [0.15, 0.2) is 22.7 Å². The number of halogens is 1. The molecule has 108 valence electrons. The first-order chi connectivity index (χ1) is 9.51. The molecule has 0 bridgehead atoms. The molecule has 2 N–H and O–H groups in total. The maximum atomic E-state index is 6.03. The Morgan fingerprint density at radius 3 is 2.80 bits per heavy atom. The van der Waals surface area contributed by atoms with Crippen molar-refractivity contribution in [3.63, 3.8) is 0 Å². The van der Waals surface area contributed by atoms with Crippen LogP contribution in [0.25, 0.3) is 11.4 Å². The smallest absolute Gasteiger partial charge is 0.243 e. The molecule has 1 unspecified atom stereocenters. The second-order valence-electron chi connectivity index (χ2n) is 5.04. The fraction of sp³-hybridized carbons (Fsp3) is 0.429. The lowest BCUT2D eigenvalue weighted by Gasteiger charge is -2.08. The lowest BCUT2D eigenvalue weighted by atomic mass is 10.0. The van der Waals surface area contributed by atoms with Gasteiger partial charge in [-0.2, -0.15) is 4.98 Å². The summed E-state index contributed by atoms with van der Waals surface area (Å²) in [6.45, 7) is 4.19. The molecule has 0 saturated carbocycles. The SMILES string of the molecule is COc1cc(Cl)ccc1-c1noc(C(N)CC(C)C)n1. The minimum absolute atomic E-state index is 0.255. The standard InChI is InChI=1S/C14H18ClN3O2/c1-8(2)6-11(16)14-17-13(18-20-14)10-5-4-9(15)7-12(10)19-3/h4-5,7-8,11H,6,16H2,1-3H3. The van der Waals surface area contributed by atoms with Crippen molar-refractivity contribution in [3.05, 3.63) is 29.1 Å². The molecule has 0 aliphatic carbocycles. The number of rotatable bonds is 5. The summed E-state index contributed by atoms with van der Waals surface area (Å²) in [4.78, 5) is 4.35. The first-order valence-electron chi connectivity index (χ1n) is 6.44. The average molecular weight is 296 g/mol. The predicted molar refractivity (Wildman–Crippen MR) is 77.7 cm³/mol. The molecule has 2 aromatic rings. The Hall–Kier alpha value is -1.59. The van der Waals surface area contributed by atoms with Gasteiger partial charge < -0.3 is 15.0 Å². The summed E-state index contributed by atoms with van der Waals surface area (Å²) < 4.78 is 10.5. The van der Waals surface area contributed by atoms with Crippen molar-refractivity contribution in [1.29, 1.82) is 0 Å². The van der Waals surface area contributed by atoms with Crippen LogP contribution < -0.4 is 10.5 Å². The van der Waals surface area contributed by atoms with Crippen molar-refractivity contribution in [2.45, 2.75) is 26.3 Å². The van der Waals surface area contributed by atoms with Crippen molar-refractivity contribution in [3.8, 4) is 17.1 Å². The van der Waals surface area contributed by atoms with Crippen LogP contribution in [0.2, 0.25) is 5.02 Å². The molecular formula is C14H18ClN3O2. The highest BCUT2D eigenvalue weighted by molar-refractivity contribution is 6.30. The molecule has 1 heterocycles. The Balaban J connectivity index is 2.29. The first kappa shape index (κ1) is 14.8. The lowest BCUT2D eigenvalue weighted by molar-refractivity contribution is 0.335. The van der Waals surface area contributed by atoms with E-state index in [0.29, 0.717) is 28.4 Å². The zero-order chi connectivity index (χ0) is 14.7. The van der Waals surface area contributed by atoms with E-state index in [1.165, 1.54) is 0 Å². The minimum Gasteiger partial charge on any atom is -0.496 e. The Kier molecular flexibility index (Phi) is 4.62. The van der Waals surface area contributed by atoms with Crippen LogP contribution in [0.5, 0.6) is 5.75 Å². The molecule has 0 saturated heterocycles. The molecule has 0 aliphatic heterocycles. The first-order valence-corrected chi connectivity index (χ1v) is 6.82. The molecule has 0 spiro atoms. The van der Waals surface area contributed by atoms with Crippen LogP contribution in [0.4, 0.5) is 0 Å². The topological polar surface area (TPSA) is 74.2 Å². The zero-order valence-corrected chi connectivity index (χ0v) is 12.5. The zero-order valence-electron chi connectivity index (χ0n) is 11.8. The summed E-state index contributed by atoms with van der Waals surface area (Å²) in [5.41, 5.74) is 6.76. The van der Waals surface area contributed by atoms with Crippen LogP contribution in [0.1, 0.15) is 32.2 Å². The number of hydrogen-bond acceptors (Lipinski definition) is 5. The van der Waals surface area contributed by atoms with Crippen molar-refractivity contribution in [2.24, 2.45) is 11.7 Å². The molecular weight excluding hydrogens is 278 g/mol. The van der Waals surface area contributed by atoms with Gasteiger partial charge in [-0.1, -0.05) is 30.6 Å². The molecule has 1 atom stereocenters. The number of nitrogens with two attached hydrogens (primary N) is 1. The maximum absolute atomic E-state index is 6.03. The van der Waals surface area contributed by atoms with Gasteiger partial charge >= 0.3 is 0 Å². The highest BCUT2D eigenvalue weighted by Crippen LogP contribution is 2.31. The third-order valence-corrected chi connectivity index (χ3v) is 3.12. The summed E-state index contributed by atoms with van der Waals surface area (Å²) in [5.74, 6) is 1.95. The third-order valence-electron chi connectivity index (χ3n) is 2.89. The number of ether oxygens (including phenoxy) is 1. The summed E-state index contributed by atoms with van der Waals surface area (Å²) in [7, 11) is 1.57. The van der Waals surface area contributed by atoms with Crippen LogP contribution in [-0.4, -0.2) is 17.3 Å². The Bertz CT molecular complexity index is 584. The third kappa shape index (κ3) is 3.29. The van der Waals surface area contributed by atoms with Gasteiger partial charge in [0.05, 0.1) is 18.7 Å². The van der Waals surface area contributed by atoms with E-state index in [2.05, 4.69) is 24.0 Å². The van der Waals surface area contributed by atoms with Crippen LogP contribution in [0.3, 0.4) is 0 Å². The molecule has 0 aliphatic rings. The number of aromatic nitrogens is 2. The monoisotopic (exact) mass is 295 g/mol. The second-order valence-corrected chi connectivity index (χ2v) is 5.47. The summed E-state index contributed by atoms with van der Waals surface area (Å²) in [6, 6.07) is 5.00. The number of benzene rings is 1. The van der Waals surface area contributed by atoms with Crippen LogP contribution in [-0.2, 0) is 0 Å². The van der Waals surface area contributed by atoms with E-state index in [0.717, 1.165) is 12.0 Å². The number of methoxy groups -OCH3 is 1. The minimum atomic E-state index is -0.255. The van der Waals surface area contributed by atoms with Gasteiger partial charge in [0, 0.05) is 5.02 Å². The fourth-order valence-electron chi connectivity index (χ4n) is 1.95. The fourth-order valence-corrected chi connectivity index (χ4v) is 2.12. The molecule has 6 heteroatoms. The van der Waals surface area contributed by atoms with E-state index in [9.17, 15) is 0 Å². The second kappa shape index (κ2) is 6.24. The highest BCUT2D eigenvalue weighted by Gasteiger charge is 2.18. The molecule has 0 fully saturated rings. The number of hydrogen-bond donors (Lipinski definition) is 1. The van der Waals surface area contributed by atoms with E-state index in [4.69, 9.17) is 26.6 Å². The predicted octanol–water partition coefficient (Wildman–Crippen LogP) is 3.44. The quantitative estimate of drug-likeness (QED) is 0.914. The van der Waals surface area contributed by atoms with Gasteiger partial charge in [-0.25, -0.2) is 0 Å². The van der Waals surface area contributed by atoms with Gasteiger partial charge in [-0.05, 0) is 30.5 Å². The molecule has 0 amide bonds. The Morgan fingerprint density at radius 2 is 2.15 bits per heavy atom. The molecule has 2 rings (SSSR count). The van der Waals surface area contributed by atoms with Gasteiger partial charge in [0.2, 0.25) is 11.7 Å². The maximum Gasteiger partial charge on any atom is 0.243 e. The summed E-state index contributed by atoms with van der Waals surface area (Å²) in [5, 5.41) is 4.55. The van der Waals surface area contributed by atoms with Gasteiger partial charge in [0.1, 0.15) is 5.75 Å². The Labute approximate surface area is 123 Å². The normalized spacial score (nSPS) is 12.7. The van der Waals surface area contributed by atoms with E-state index < -0.39 is 0 Å². The van der Waals surface area contributed by atoms with E-state index in [-0.39, 0.29) is 6.04 Å². The average Bonchev–Trinajstić information content (AvgIpc) is 2.87. The highest BCUT2D eigenvalue weighted by atomic mass is 35.5. The molecule has 5 nitrogen and oxygen atoms in total. The van der Waals surface area contributed by atoms with Crippen molar-refractivity contribution in [2.75, 3.05) is 7.11 Å². The molecule has 0 radical (unpaired) electrons. The van der Waals surface area contributed by atoms with Gasteiger partial charge in [0.25, 0.3) is 0 Å². The molecule has 1 aromatic carbocycles. The van der Waals surface area contributed by atoms with E-state index in [1.54, 1.807) is 25.3 Å². The molecule has 1 aromatic heterocycles. The van der Waals surface area contributed by atoms with Gasteiger partial charge in [0.15, 0.2) is 0 Å². The molecule has 20 heavy (non-hydrogen) atoms. The van der Waals surface area contributed by atoms with E-state index >= 15 is 0 Å². The summed E-state index contributed by atoms with van der Waals surface area (Å²) in [6.07, 6.45) is 0.791. The van der Waals surface area contributed by atoms with Crippen LogP contribution >= 0.6 is 11.6 Å².